The van der Waals surface area contributed by atoms with E-state index in [-0.39, 0.29) is 17.8 Å². The van der Waals surface area contributed by atoms with Crippen molar-refractivity contribution in [3.8, 4) is 11.3 Å². The normalized spacial score (nSPS) is 19.8. The van der Waals surface area contributed by atoms with Gasteiger partial charge in [-0.1, -0.05) is 17.3 Å². The Morgan fingerprint density at radius 1 is 1.42 bits per heavy atom. The average molecular weight is 330 g/mol. The van der Waals surface area contributed by atoms with Crippen molar-refractivity contribution >= 4 is 5.91 Å². The molecule has 2 aliphatic rings. The molecule has 7 heteroatoms. The van der Waals surface area contributed by atoms with E-state index in [9.17, 15) is 9.18 Å². The fourth-order valence-corrected chi connectivity index (χ4v) is 2.93. The minimum absolute atomic E-state index is 0.0888. The minimum Gasteiger partial charge on any atom is -0.368 e. The second-order valence-electron chi connectivity index (χ2n) is 6.46. The summed E-state index contributed by atoms with van der Waals surface area (Å²) in [7, 11) is 0. The van der Waals surface area contributed by atoms with Crippen molar-refractivity contribution in [3.05, 3.63) is 35.8 Å². The molecule has 1 N–H and O–H groups in total. The molecule has 6 nitrogen and oxygen atoms in total. The maximum atomic E-state index is 13.4. The van der Waals surface area contributed by atoms with Gasteiger partial charge in [-0.3, -0.25) is 4.79 Å². The lowest BCUT2D eigenvalue weighted by molar-refractivity contribution is -0.122. The maximum Gasteiger partial charge on any atom is 0.220 e. The molecule has 24 heavy (non-hydrogen) atoms. The van der Waals surface area contributed by atoms with Crippen molar-refractivity contribution in [3.63, 3.8) is 0 Å². The van der Waals surface area contributed by atoms with Gasteiger partial charge in [-0.2, -0.15) is 0 Å². The van der Waals surface area contributed by atoms with Gasteiger partial charge in [0.05, 0.1) is 24.9 Å². The van der Waals surface area contributed by atoms with Crippen molar-refractivity contribution in [2.24, 2.45) is 5.92 Å². The molecule has 0 bridgehead atoms. The molecule has 1 aromatic heterocycles. The molecule has 0 spiro atoms. The Kier molecular flexibility index (Phi) is 4.02. The zero-order valence-corrected chi connectivity index (χ0v) is 13.2. The molecule has 1 fully saturated rings. The van der Waals surface area contributed by atoms with E-state index < -0.39 is 0 Å². The number of aromatic nitrogens is 3. The summed E-state index contributed by atoms with van der Waals surface area (Å²) in [6, 6.07) is 6.29. The highest BCUT2D eigenvalue weighted by Gasteiger charge is 2.27. The third-order valence-corrected chi connectivity index (χ3v) is 4.47. The Hall–Kier alpha value is -2.28. The molecule has 126 valence electrons. The minimum atomic E-state index is -0.303. The van der Waals surface area contributed by atoms with E-state index in [1.165, 1.54) is 25.0 Å². The molecule has 0 saturated heterocycles. The second kappa shape index (κ2) is 6.32. The molecule has 1 unspecified atom stereocenters. The molecule has 4 rings (SSSR count). The molecule has 0 radical (unpaired) electrons. The number of nitrogens with zero attached hydrogens (tertiary/aromatic N) is 3. The number of carbonyl (C=O) groups excluding carboxylic acids is 1. The van der Waals surface area contributed by atoms with Crippen LogP contribution >= 0.6 is 0 Å². The number of halogens is 1. The number of nitrogens with one attached hydrogen (secondary N) is 1. The number of carbonyl (C=O) groups is 1. The van der Waals surface area contributed by atoms with E-state index in [4.69, 9.17) is 4.74 Å². The van der Waals surface area contributed by atoms with Crippen molar-refractivity contribution in [2.75, 3.05) is 6.54 Å². The largest absolute Gasteiger partial charge is 0.368 e. The molecule has 2 aromatic rings. The van der Waals surface area contributed by atoms with E-state index in [2.05, 4.69) is 15.6 Å². The van der Waals surface area contributed by atoms with Crippen LogP contribution in [-0.4, -0.2) is 33.5 Å². The van der Waals surface area contributed by atoms with E-state index in [1.807, 2.05) is 0 Å². The zero-order chi connectivity index (χ0) is 16.5. The molecule has 1 aromatic carbocycles. The quantitative estimate of drug-likeness (QED) is 0.909. The fourth-order valence-electron chi connectivity index (χ4n) is 2.93. The van der Waals surface area contributed by atoms with Gasteiger partial charge in [0.2, 0.25) is 5.91 Å². The van der Waals surface area contributed by atoms with Crippen LogP contribution in [0.2, 0.25) is 0 Å². The monoisotopic (exact) mass is 330 g/mol. The zero-order valence-electron chi connectivity index (χ0n) is 13.2. The summed E-state index contributed by atoms with van der Waals surface area (Å²) in [5.74, 6) is 0.362. The summed E-state index contributed by atoms with van der Waals surface area (Å²) in [6.45, 7) is 1.35. The van der Waals surface area contributed by atoms with Crippen LogP contribution in [0.15, 0.2) is 24.3 Å². The first-order valence-electron chi connectivity index (χ1n) is 8.25. The Balaban J connectivity index is 1.40. The third kappa shape index (κ3) is 3.31. The SMILES string of the molecule is O=C(CC1CC1)NCC1Cn2nnc(-c3cccc(F)c3)c2CO1. The smallest absolute Gasteiger partial charge is 0.220 e. The molecule has 1 amide bonds. The lowest BCUT2D eigenvalue weighted by Crippen LogP contribution is -2.39. The van der Waals surface area contributed by atoms with Crippen LogP contribution in [0.3, 0.4) is 0 Å². The topological polar surface area (TPSA) is 69.0 Å². The maximum absolute atomic E-state index is 13.4. The highest BCUT2D eigenvalue weighted by atomic mass is 19.1. The lowest BCUT2D eigenvalue weighted by atomic mass is 10.1. The Bertz CT molecular complexity index is 757. The Morgan fingerprint density at radius 3 is 3.08 bits per heavy atom. The second-order valence-corrected chi connectivity index (χ2v) is 6.46. The summed E-state index contributed by atoms with van der Waals surface area (Å²) in [4.78, 5) is 11.8. The first-order chi connectivity index (χ1) is 11.7. The van der Waals surface area contributed by atoms with Crippen LogP contribution in [0.5, 0.6) is 0 Å². The van der Waals surface area contributed by atoms with Gasteiger partial charge in [-0.25, -0.2) is 9.07 Å². The number of benzene rings is 1. The first kappa shape index (κ1) is 15.3. The number of ether oxygens (including phenoxy) is 1. The van der Waals surface area contributed by atoms with Crippen LogP contribution in [0, 0.1) is 11.7 Å². The van der Waals surface area contributed by atoms with Crippen LogP contribution < -0.4 is 5.32 Å². The van der Waals surface area contributed by atoms with E-state index >= 15 is 0 Å². The van der Waals surface area contributed by atoms with Crippen molar-refractivity contribution in [2.45, 2.75) is 38.5 Å². The summed E-state index contributed by atoms with van der Waals surface area (Å²) in [5.41, 5.74) is 2.17. The van der Waals surface area contributed by atoms with Crippen molar-refractivity contribution < 1.29 is 13.9 Å². The van der Waals surface area contributed by atoms with Crippen LogP contribution in [0.25, 0.3) is 11.3 Å². The molecular formula is C17H19FN4O2. The highest BCUT2D eigenvalue weighted by Crippen LogP contribution is 2.32. The van der Waals surface area contributed by atoms with Gasteiger partial charge in [0.15, 0.2) is 0 Å². The summed E-state index contributed by atoms with van der Waals surface area (Å²) in [5, 5.41) is 11.2. The van der Waals surface area contributed by atoms with E-state index in [0.29, 0.717) is 43.3 Å². The first-order valence-corrected chi connectivity index (χ1v) is 8.25. The van der Waals surface area contributed by atoms with Crippen LogP contribution in [-0.2, 0) is 22.7 Å². The number of rotatable bonds is 5. The van der Waals surface area contributed by atoms with Gasteiger partial charge >= 0.3 is 0 Å². The van der Waals surface area contributed by atoms with Crippen molar-refractivity contribution in [1.82, 2.24) is 20.3 Å². The van der Waals surface area contributed by atoms with Crippen molar-refractivity contribution in [1.29, 1.82) is 0 Å². The van der Waals surface area contributed by atoms with Gasteiger partial charge in [0, 0.05) is 18.5 Å². The third-order valence-electron chi connectivity index (χ3n) is 4.47. The summed E-state index contributed by atoms with van der Waals surface area (Å²) < 4.78 is 21.0. The van der Waals surface area contributed by atoms with E-state index in [1.54, 1.807) is 16.8 Å². The molecular weight excluding hydrogens is 311 g/mol. The van der Waals surface area contributed by atoms with Gasteiger partial charge in [0.1, 0.15) is 11.5 Å². The van der Waals surface area contributed by atoms with Gasteiger partial charge in [-0.15, -0.1) is 5.10 Å². The Labute approximate surface area is 139 Å². The lowest BCUT2D eigenvalue weighted by Gasteiger charge is -2.24. The van der Waals surface area contributed by atoms with Gasteiger partial charge < -0.3 is 10.1 Å². The van der Waals surface area contributed by atoms with Gasteiger partial charge in [0.25, 0.3) is 0 Å². The highest BCUT2D eigenvalue weighted by molar-refractivity contribution is 5.76. The van der Waals surface area contributed by atoms with Gasteiger partial charge in [-0.05, 0) is 30.9 Å². The van der Waals surface area contributed by atoms with Crippen LogP contribution in [0.4, 0.5) is 4.39 Å². The van der Waals surface area contributed by atoms with Crippen LogP contribution in [0.1, 0.15) is 25.0 Å². The predicted octanol–water partition coefficient (Wildman–Crippen LogP) is 1.90. The fraction of sp³-hybridized carbons (Fsp3) is 0.471. The molecule has 1 aliphatic carbocycles. The number of hydrogen-bond acceptors (Lipinski definition) is 4. The number of amides is 1. The molecule has 2 heterocycles. The number of fused-ring (bicyclic) bond motifs is 1. The summed E-state index contributed by atoms with van der Waals surface area (Å²) >= 11 is 0. The summed E-state index contributed by atoms with van der Waals surface area (Å²) in [6.07, 6.45) is 2.82. The molecule has 1 atom stereocenters. The average Bonchev–Trinajstić information content (AvgIpc) is 3.28. The molecule has 1 aliphatic heterocycles. The Morgan fingerprint density at radius 2 is 2.29 bits per heavy atom. The predicted molar refractivity (Wildman–Crippen MR) is 84.3 cm³/mol. The van der Waals surface area contributed by atoms with E-state index in [0.717, 1.165) is 5.69 Å². The molecule has 1 saturated carbocycles. The standard InChI is InChI=1S/C17H19FN4O2/c18-13-3-1-2-12(7-13)17-15-10-24-14(9-22(15)21-20-17)8-19-16(23)6-11-4-5-11/h1-3,7,11,14H,4-6,8-10H2,(H,19,23). The number of hydrogen-bond donors (Lipinski definition) is 1.